The van der Waals surface area contributed by atoms with Gasteiger partial charge >= 0.3 is 5.69 Å². The van der Waals surface area contributed by atoms with Gasteiger partial charge in [0, 0.05) is 32.7 Å². The van der Waals surface area contributed by atoms with E-state index in [1.165, 1.54) is 20.9 Å². The van der Waals surface area contributed by atoms with E-state index in [1.807, 2.05) is 4.90 Å². The molecule has 0 aromatic carbocycles. The van der Waals surface area contributed by atoms with Crippen molar-refractivity contribution in [3.8, 4) is 0 Å². The van der Waals surface area contributed by atoms with Crippen molar-refractivity contribution in [3.05, 3.63) is 20.8 Å². The number of amides is 1. The third-order valence-corrected chi connectivity index (χ3v) is 6.46. The molecule has 2 atom stereocenters. The zero-order valence-electron chi connectivity index (χ0n) is 16.6. The van der Waals surface area contributed by atoms with Crippen LogP contribution in [0.2, 0.25) is 0 Å². The van der Waals surface area contributed by atoms with Crippen LogP contribution < -0.4 is 11.2 Å². The number of piperidine rings is 1. The standard InChI is InChI=1S/C18H27N5O3S/c1-6-22-16(25)14-15(21(5)18(22)26)19-17(20(14)4)27-10-13(24)23-11(2)8-7-9-12(23)3/h11-12H,6-10H2,1-5H3/t11-,12-/m0/s1. The number of thioether (sulfide) groups is 1. The van der Waals surface area contributed by atoms with E-state index >= 15 is 0 Å². The highest BCUT2D eigenvalue weighted by Crippen LogP contribution is 2.25. The first-order chi connectivity index (χ1) is 12.8. The Morgan fingerprint density at radius 1 is 1.15 bits per heavy atom. The van der Waals surface area contributed by atoms with E-state index in [9.17, 15) is 14.4 Å². The van der Waals surface area contributed by atoms with Crippen molar-refractivity contribution in [1.29, 1.82) is 0 Å². The number of likely N-dealkylation sites (tertiary alicyclic amines) is 1. The number of rotatable bonds is 4. The lowest BCUT2D eigenvalue weighted by molar-refractivity contribution is -0.134. The Morgan fingerprint density at radius 3 is 2.37 bits per heavy atom. The maximum absolute atomic E-state index is 12.8. The lowest BCUT2D eigenvalue weighted by atomic mass is 9.98. The smallest absolute Gasteiger partial charge is 0.332 e. The van der Waals surface area contributed by atoms with Crippen molar-refractivity contribution in [2.45, 2.75) is 63.8 Å². The first-order valence-electron chi connectivity index (χ1n) is 9.38. The molecule has 27 heavy (non-hydrogen) atoms. The molecule has 3 heterocycles. The van der Waals surface area contributed by atoms with Crippen LogP contribution in [0.4, 0.5) is 0 Å². The van der Waals surface area contributed by atoms with Gasteiger partial charge < -0.3 is 9.47 Å². The highest BCUT2D eigenvalue weighted by atomic mass is 32.2. The van der Waals surface area contributed by atoms with Gasteiger partial charge in [-0.05, 0) is 40.0 Å². The van der Waals surface area contributed by atoms with E-state index in [2.05, 4.69) is 18.8 Å². The van der Waals surface area contributed by atoms with Gasteiger partial charge in [0.15, 0.2) is 16.3 Å². The Bertz CT molecular complexity index is 980. The van der Waals surface area contributed by atoms with E-state index < -0.39 is 0 Å². The SMILES string of the molecule is CCn1c(=O)c2c(nc(SCC(=O)N3[C@@H](C)CCC[C@@H]3C)n2C)n(C)c1=O. The van der Waals surface area contributed by atoms with Gasteiger partial charge in [-0.3, -0.25) is 18.7 Å². The quantitative estimate of drug-likeness (QED) is 0.732. The van der Waals surface area contributed by atoms with Gasteiger partial charge in [-0.25, -0.2) is 9.78 Å². The summed E-state index contributed by atoms with van der Waals surface area (Å²) in [6, 6.07) is 0.500. The predicted octanol–water partition coefficient (Wildman–Crippen LogP) is 1.34. The summed E-state index contributed by atoms with van der Waals surface area (Å²) in [6.07, 6.45) is 3.22. The van der Waals surface area contributed by atoms with Gasteiger partial charge in [-0.2, -0.15) is 0 Å². The first-order valence-corrected chi connectivity index (χ1v) is 10.4. The molecule has 0 radical (unpaired) electrons. The van der Waals surface area contributed by atoms with Crippen molar-refractivity contribution < 1.29 is 4.79 Å². The molecule has 1 fully saturated rings. The largest absolute Gasteiger partial charge is 0.337 e. The molecule has 1 amide bonds. The van der Waals surface area contributed by atoms with Crippen LogP contribution in [-0.4, -0.2) is 47.3 Å². The van der Waals surface area contributed by atoms with Gasteiger partial charge in [-0.1, -0.05) is 11.8 Å². The Balaban J connectivity index is 1.90. The fourth-order valence-electron chi connectivity index (χ4n) is 3.95. The number of carbonyl (C=O) groups is 1. The van der Waals surface area contributed by atoms with E-state index in [0.717, 1.165) is 19.3 Å². The molecule has 2 aromatic heterocycles. The number of fused-ring (bicyclic) bond motifs is 1. The molecular weight excluding hydrogens is 366 g/mol. The molecule has 0 aliphatic carbocycles. The average molecular weight is 394 g/mol. The molecule has 0 unspecified atom stereocenters. The molecule has 2 aromatic rings. The fraction of sp³-hybridized carbons (Fsp3) is 0.667. The minimum absolute atomic E-state index is 0.0895. The van der Waals surface area contributed by atoms with Crippen LogP contribution in [0.3, 0.4) is 0 Å². The number of hydrogen-bond acceptors (Lipinski definition) is 5. The first kappa shape index (κ1) is 19.7. The van der Waals surface area contributed by atoms with Crippen LogP contribution in [0.25, 0.3) is 11.2 Å². The molecule has 0 N–H and O–H groups in total. The molecule has 0 saturated carbocycles. The topological polar surface area (TPSA) is 82.1 Å². The summed E-state index contributed by atoms with van der Waals surface area (Å²) in [4.78, 5) is 44.1. The number of hydrogen-bond donors (Lipinski definition) is 0. The Kier molecular flexibility index (Phi) is 5.50. The highest BCUT2D eigenvalue weighted by Gasteiger charge is 2.29. The minimum Gasteiger partial charge on any atom is -0.337 e. The maximum Gasteiger partial charge on any atom is 0.332 e. The second kappa shape index (κ2) is 7.53. The number of carbonyl (C=O) groups excluding carboxylic acids is 1. The predicted molar refractivity (Wildman–Crippen MR) is 106 cm³/mol. The van der Waals surface area contributed by atoms with Gasteiger partial charge in [0.1, 0.15) is 0 Å². The summed E-state index contributed by atoms with van der Waals surface area (Å²) in [6.45, 7) is 6.26. The van der Waals surface area contributed by atoms with Crippen molar-refractivity contribution in [2.75, 3.05) is 5.75 Å². The summed E-state index contributed by atoms with van der Waals surface area (Å²) in [7, 11) is 3.36. The highest BCUT2D eigenvalue weighted by molar-refractivity contribution is 7.99. The van der Waals surface area contributed by atoms with Crippen LogP contribution in [0.15, 0.2) is 14.7 Å². The Morgan fingerprint density at radius 2 is 1.78 bits per heavy atom. The molecule has 9 heteroatoms. The molecule has 3 rings (SSSR count). The lowest BCUT2D eigenvalue weighted by Crippen LogP contribution is -2.48. The monoisotopic (exact) mass is 393 g/mol. The third kappa shape index (κ3) is 3.33. The Hall–Kier alpha value is -2.03. The zero-order valence-corrected chi connectivity index (χ0v) is 17.4. The van der Waals surface area contributed by atoms with Crippen LogP contribution in [-0.2, 0) is 25.4 Å². The molecule has 0 spiro atoms. The second-order valence-electron chi connectivity index (χ2n) is 7.24. The van der Waals surface area contributed by atoms with Gasteiger partial charge in [-0.15, -0.1) is 0 Å². The minimum atomic E-state index is -0.378. The summed E-state index contributed by atoms with van der Waals surface area (Å²) in [5, 5.41) is 0.566. The average Bonchev–Trinajstić information content (AvgIpc) is 2.95. The zero-order chi connectivity index (χ0) is 19.9. The third-order valence-electron chi connectivity index (χ3n) is 5.44. The van der Waals surface area contributed by atoms with E-state index in [-0.39, 0.29) is 35.0 Å². The van der Waals surface area contributed by atoms with Gasteiger partial charge in [0.05, 0.1) is 5.75 Å². The number of nitrogens with zero attached hydrogens (tertiary/aromatic N) is 5. The van der Waals surface area contributed by atoms with Crippen LogP contribution in [0.1, 0.15) is 40.0 Å². The molecule has 8 nitrogen and oxygen atoms in total. The second-order valence-corrected chi connectivity index (χ2v) is 8.18. The molecule has 1 aliphatic rings. The van der Waals surface area contributed by atoms with E-state index in [4.69, 9.17) is 0 Å². The summed E-state index contributed by atoms with van der Waals surface area (Å²) in [5.41, 5.74) is 0.0132. The maximum atomic E-state index is 12.8. The number of imidazole rings is 1. The van der Waals surface area contributed by atoms with Crippen LogP contribution >= 0.6 is 11.8 Å². The van der Waals surface area contributed by atoms with Crippen molar-refractivity contribution in [1.82, 2.24) is 23.6 Å². The van der Waals surface area contributed by atoms with Crippen molar-refractivity contribution in [3.63, 3.8) is 0 Å². The molecule has 1 aliphatic heterocycles. The Labute approximate surface area is 162 Å². The molecule has 0 bridgehead atoms. The molecule has 1 saturated heterocycles. The number of aromatic nitrogens is 4. The molecule has 148 valence electrons. The summed E-state index contributed by atoms with van der Waals surface area (Å²) < 4.78 is 4.27. The summed E-state index contributed by atoms with van der Waals surface area (Å²) in [5.74, 6) is 0.355. The van der Waals surface area contributed by atoms with Gasteiger partial charge in [0.2, 0.25) is 5.91 Å². The van der Waals surface area contributed by atoms with E-state index in [0.29, 0.717) is 22.9 Å². The van der Waals surface area contributed by atoms with Crippen LogP contribution in [0, 0.1) is 0 Å². The number of aryl methyl sites for hydroxylation is 2. The summed E-state index contributed by atoms with van der Waals surface area (Å²) >= 11 is 1.31. The van der Waals surface area contributed by atoms with E-state index in [1.54, 1.807) is 25.6 Å². The van der Waals surface area contributed by atoms with Crippen LogP contribution in [0.5, 0.6) is 0 Å². The van der Waals surface area contributed by atoms with Crippen molar-refractivity contribution >= 4 is 28.8 Å². The lowest BCUT2D eigenvalue weighted by Gasteiger charge is -2.39. The fourth-order valence-corrected chi connectivity index (χ4v) is 4.78. The van der Waals surface area contributed by atoms with Crippen molar-refractivity contribution in [2.24, 2.45) is 14.1 Å². The normalized spacial score (nSPS) is 20.4. The molecular formula is C18H27N5O3S. The van der Waals surface area contributed by atoms with Gasteiger partial charge in [0.25, 0.3) is 5.56 Å².